The van der Waals surface area contributed by atoms with Gasteiger partial charge in [0.2, 0.25) is 0 Å². The van der Waals surface area contributed by atoms with E-state index in [0.717, 1.165) is 6.07 Å². The molecule has 0 amide bonds. The Bertz CT molecular complexity index is 1410. The second-order valence-electron chi connectivity index (χ2n) is 9.32. The molecule has 2 unspecified atom stereocenters. The summed E-state index contributed by atoms with van der Waals surface area (Å²) >= 11 is 0. The first-order chi connectivity index (χ1) is 18.0. The quantitative estimate of drug-likeness (QED) is 0.177. The second-order valence-corrected chi connectivity index (χ2v) is 9.32. The molecule has 0 aliphatic carbocycles. The van der Waals surface area contributed by atoms with Gasteiger partial charge in [0.25, 0.3) is 0 Å². The molecule has 1 aliphatic heterocycles. The van der Waals surface area contributed by atoms with Gasteiger partial charge in [-0.1, -0.05) is 13.0 Å². The number of benzene rings is 3. The van der Waals surface area contributed by atoms with Gasteiger partial charge in [-0.05, 0) is 31.0 Å². The highest BCUT2D eigenvalue weighted by Crippen LogP contribution is 2.50. The van der Waals surface area contributed by atoms with Crippen LogP contribution in [0.1, 0.15) is 64.0 Å². The number of aliphatic hydroxyl groups excluding tert-OH is 1. The fourth-order valence-electron chi connectivity index (χ4n) is 4.86. The van der Waals surface area contributed by atoms with E-state index < -0.39 is 29.5 Å². The Morgan fingerprint density at radius 1 is 0.974 bits per heavy atom. The summed E-state index contributed by atoms with van der Waals surface area (Å²) < 4.78 is 11.4. The van der Waals surface area contributed by atoms with Gasteiger partial charge in [-0.15, -0.1) is 0 Å². The number of Topliss-reactive ketones (excluding diaryl/α,β-unsaturated/α-hetero) is 1. The topological polar surface area (TPSA) is 177 Å². The van der Waals surface area contributed by atoms with Crippen molar-refractivity contribution in [2.24, 2.45) is 0 Å². The van der Waals surface area contributed by atoms with E-state index in [1.807, 2.05) is 6.92 Å². The third kappa shape index (κ3) is 4.47. The molecule has 0 saturated heterocycles. The van der Waals surface area contributed by atoms with E-state index in [1.54, 1.807) is 0 Å². The van der Waals surface area contributed by atoms with Crippen LogP contribution in [0.2, 0.25) is 0 Å². The lowest BCUT2D eigenvalue weighted by Gasteiger charge is -2.33. The summed E-state index contributed by atoms with van der Waals surface area (Å²) in [5, 5.41) is 73.7. The van der Waals surface area contributed by atoms with Crippen LogP contribution in [-0.4, -0.2) is 54.7 Å². The van der Waals surface area contributed by atoms with E-state index in [-0.39, 0.29) is 81.6 Å². The van der Waals surface area contributed by atoms with Crippen LogP contribution < -0.4 is 9.47 Å². The number of rotatable bonds is 7. The van der Waals surface area contributed by atoms with Crippen LogP contribution in [-0.2, 0) is 12.8 Å². The standard InChI is InChI=1S/C28H30O10/c1-4-5-18(30)23-25(36)16(24(35)12(2)26(23)37-3)9-14-19(31)11-20(32)15-10-22(34)27(38-28(14)15)13-6-7-17(29)21(33)8-13/h6-8,11,22,27,29,31-36H,4-5,9-10H2,1-3H3. The zero-order valence-corrected chi connectivity index (χ0v) is 21.1. The average Bonchev–Trinajstić information content (AvgIpc) is 2.87. The third-order valence-corrected chi connectivity index (χ3v) is 6.82. The van der Waals surface area contributed by atoms with Gasteiger partial charge in [0.15, 0.2) is 17.3 Å². The largest absolute Gasteiger partial charge is 0.507 e. The molecule has 0 radical (unpaired) electrons. The van der Waals surface area contributed by atoms with Gasteiger partial charge in [-0.2, -0.15) is 0 Å². The SMILES string of the molecule is CCCC(=O)c1c(O)c(Cc2c(O)cc(O)c3c2OC(c2ccc(O)c(O)c2)C(O)C3)c(O)c(C)c1OC. The van der Waals surface area contributed by atoms with Crippen molar-refractivity contribution in [2.75, 3.05) is 7.11 Å². The predicted molar refractivity (Wildman–Crippen MR) is 136 cm³/mol. The number of carbonyl (C=O) groups is 1. The normalized spacial score (nSPS) is 16.5. The zero-order valence-electron chi connectivity index (χ0n) is 21.1. The molecule has 2 atom stereocenters. The summed E-state index contributed by atoms with van der Waals surface area (Å²) in [5.41, 5.74) is 0.684. The molecule has 7 N–H and O–H groups in total. The maximum Gasteiger partial charge on any atom is 0.170 e. The molecule has 4 rings (SSSR count). The van der Waals surface area contributed by atoms with Crippen LogP contribution in [0.3, 0.4) is 0 Å². The molecule has 3 aromatic carbocycles. The van der Waals surface area contributed by atoms with Gasteiger partial charge in [0.1, 0.15) is 46.2 Å². The Morgan fingerprint density at radius 2 is 1.68 bits per heavy atom. The smallest absolute Gasteiger partial charge is 0.170 e. The van der Waals surface area contributed by atoms with Crippen molar-refractivity contribution in [3.05, 3.63) is 57.6 Å². The summed E-state index contributed by atoms with van der Waals surface area (Å²) in [6.07, 6.45) is -1.93. The number of hydrogen-bond acceptors (Lipinski definition) is 10. The van der Waals surface area contributed by atoms with Gasteiger partial charge < -0.3 is 45.2 Å². The number of ketones is 1. The number of hydrogen-bond donors (Lipinski definition) is 7. The van der Waals surface area contributed by atoms with Crippen molar-refractivity contribution in [1.82, 2.24) is 0 Å². The highest BCUT2D eigenvalue weighted by molar-refractivity contribution is 6.02. The third-order valence-electron chi connectivity index (χ3n) is 6.82. The summed E-state index contributed by atoms with van der Waals surface area (Å²) in [5.74, 6) is -2.67. The number of carbonyl (C=O) groups excluding carboxylic acids is 1. The zero-order chi connectivity index (χ0) is 27.9. The molecular weight excluding hydrogens is 496 g/mol. The number of aromatic hydroxyl groups is 6. The fourth-order valence-corrected chi connectivity index (χ4v) is 4.86. The molecule has 10 nitrogen and oxygen atoms in total. The van der Waals surface area contributed by atoms with Crippen molar-refractivity contribution in [1.29, 1.82) is 0 Å². The Morgan fingerprint density at radius 3 is 2.32 bits per heavy atom. The summed E-state index contributed by atoms with van der Waals surface area (Å²) in [6, 6.07) is 4.99. The van der Waals surface area contributed by atoms with Crippen LogP contribution in [0.25, 0.3) is 0 Å². The number of fused-ring (bicyclic) bond motifs is 1. The van der Waals surface area contributed by atoms with Crippen LogP contribution in [0, 0.1) is 6.92 Å². The minimum atomic E-state index is -1.15. The molecule has 0 saturated carbocycles. The van der Waals surface area contributed by atoms with Gasteiger partial charge >= 0.3 is 0 Å². The predicted octanol–water partition coefficient (Wildman–Crippen LogP) is 3.85. The molecule has 3 aromatic rings. The minimum Gasteiger partial charge on any atom is -0.507 e. The lowest BCUT2D eigenvalue weighted by atomic mass is 9.88. The first kappa shape index (κ1) is 26.7. The van der Waals surface area contributed by atoms with E-state index in [2.05, 4.69) is 0 Å². The van der Waals surface area contributed by atoms with Crippen molar-refractivity contribution in [2.45, 2.75) is 51.7 Å². The number of phenolic OH excluding ortho intramolecular Hbond substituents is 6. The van der Waals surface area contributed by atoms with Gasteiger partial charge in [0, 0.05) is 47.6 Å². The Balaban J connectivity index is 1.86. The molecule has 1 aliphatic rings. The Hall–Kier alpha value is -4.31. The maximum absolute atomic E-state index is 12.9. The lowest BCUT2D eigenvalue weighted by Crippen LogP contribution is -2.31. The number of methoxy groups -OCH3 is 1. The van der Waals surface area contributed by atoms with Crippen LogP contribution in [0.15, 0.2) is 24.3 Å². The van der Waals surface area contributed by atoms with E-state index in [4.69, 9.17) is 9.47 Å². The monoisotopic (exact) mass is 526 g/mol. The molecule has 0 aromatic heterocycles. The Kier molecular flexibility index (Phi) is 7.19. The number of aliphatic hydroxyl groups is 1. The molecule has 10 heteroatoms. The van der Waals surface area contributed by atoms with Crippen molar-refractivity contribution in [3.63, 3.8) is 0 Å². The summed E-state index contributed by atoms with van der Waals surface area (Å²) in [7, 11) is 1.33. The highest BCUT2D eigenvalue weighted by atomic mass is 16.5. The first-order valence-electron chi connectivity index (χ1n) is 12.1. The van der Waals surface area contributed by atoms with Crippen molar-refractivity contribution < 1.29 is 50.0 Å². The molecule has 202 valence electrons. The maximum atomic E-state index is 12.9. The molecular formula is C28H30O10. The molecule has 1 heterocycles. The van der Waals surface area contributed by atoms with E-state index in [1.165, 1.54) is 32.2 Å². The van der Waals surface area contributed by atoms with Gasteiger partial charge in [-0.25, -0.2) is 0 Å². The van der Waals surface area contributed by atoms with Gasteiger partial charge in [-0.3, -0.25) is 4.79 Å². The van der Waals surface area contributed by atoms with E-state index in [9.17, 15) is 40.5 Å². The van der Waals surface area contributed by atoms with Crippen LogP contribution >= 0.6 is 0 Å². The molecule has 0 bridgehead atoms. The summed E-state index contributed by atoms with van der Waals surface area (Å²) in [4.78, 5) is 12.9. The van der Waals surface area contributed by atoms with Gasteiger partial charge in [0.05, 0.1) is 13.2 Å². The lowest BCUT2D eigenvalue weighted by molar-refractivity contribution is 0.0190. The molecule has 38 heavy (non-hydrogen) atoms. The van der Waals surface area contributed by atoms with Crippen LogP contribution in [0.5, 0.6) is 46.0 Å². The fraction of sp³-hybridized carbons (Fsp3) is 0.321. The summed E-state index contributed by atoms with van der Waals surface area (Å²) in [6.45, 7) is 3.35. The first-order valence-corrected chi connectivity index (χ1v) is 12.1. The Labute approximate surface area is 218 Å². The average molecular weight is 527 g/mol. The second kappa shape index (κ2) is 10.2. The van der Waals surface area contributed by atoms with Crippen molar-refractivity contribution >= 4 is 5.78 Å². The van der Waals surface area contributed by atoms with Crippen LogP contribution in [0.4, 0.5) is 0 Å². The van der Waals surface area contributed by atoms with E-state index in [0.29, 0.717) is 12.0 Å². The number of ether oxygens (including phenoxy) is 2. The highest BCUT2D eigenvalue weighted by Gasteiger charge is 2.36. The van der Waals surface area contributed by atoms with Crippen molar-refractivity contribution in [3.8, 4) is 46.0 Å². The molecule has 0 fully saturated rings. The minimum absolute atomic E-state index is 0.0130. The molecule has 0 spiro atoms. The number of phenols is 6. The van der Waals surface area contributed by atoms with E-state index >= 15 is 0 Å².